The van der Waals surface area contributed by atoms with E-state index in [0.717, 1.165) is 29.9 Å². The third-order valence-electron chi connectivity index (χ3n) is 3.94. The minimum Gasteiger partial charge on any atom is -0.494 e. The van der Waals surface area contributed by atoms with Crippen LogP contribution in [-0.4, -0.2) is 18.2 Å². The van der Waals surface area contributed by atoms with Gasteiger partial charge < -0.3 is 4.74 Å². The largest absolute Gasteiger partial charge is 0.494 e. The van der Waals surface area contributed by atoms with Crippen LogP contribution in [0.25, 0.3) is 0 Å². The molecule has 0 atom stereocenters. The number of amides is 1. The number of nitrogens with one attached hydrogen (secondary N) is 1. The second kappa shape index (κ2) is 12.6. The molecule has 0 spiro atoms. The standard InChI is InChI=1S/C20H32N2O2/c1-4-6-7-8-9-10-11-12-20(23)22-21-17(3)18-13-15-19(16-14-18)24-5-2/h13-16H,4-12H2,1-3H3,(H,22,23)/b21-17+. The van der Waals surface area contributed by atoms with Gasteiger partial charge in [-0.2, -0.15) is 5.10 Å². The van der Waals surface area contributed by atoms with Gasteiger partial charge in [-0.05, 0) is 50.1 Å². The molecule has 0 aliphatic heterocycles. The van der Waals surface area contributed by atoms with E-state index >= 15 is 0 Å². The Morgan fingerprint density at radius 1 is 1.00 bits per heavy atom. The minimum atomic E-state index is -0.00570. The number of hydrogen-bond donors (Lipinski definition) is 1. The van der Waals surface area contributed by atoms with Crippen molar-refractivity contribution in [2.45, 2.75) is 72.1 Å². The Hall–Kier alpha value is -1.84. The number of hydrazone groups is 1. The number of hydrogen-bond acceptors (Lipinski definition) is 3. The zero-order valence-electron chi connectivity index (χ0n) is 15.4. The molecule has 0 aromatic heterocycles. The van der Waals surface area contributed by atoms with Crippen molar-refractivity contribution in [2.75, 3.05) is 6.61 Å². The highest BCUT2D eigenvalue weighted by atomic mass is 16.5. The summed E-state index contributed by atoms with van der Waals surface area (Å²) in [6.45, 7) is 6.73. The molecule has 1 aromatic carbocycles. The van der Waals surface area contributed by atoms with Gasteiger partial charge in [0, 0.05) is 6.42 Å². The first kappa shape index (κ1) is 20.2. The molecule has 0 radical (unpaired) electrons. The minimum absolute atomic E-state index is 0.00570. The molecule has 134 valence electrons. The lowest BCUT2D eigenvalue weighted by molar-refractivity contribution is -0.121. The number of carbonyl (C=O) groups is 1. The first-order chi connectivity index (χ1) is 11.7. The normalized spacial score (nSPS) is 11.4. The average molecular weight is 332 g/mol. The van der Waals surface area contributed by atoms with Crippen molar-refractivity contribution in [2.24, 2.45) is 5.10 Å². The fourth-order valence-electron chi connectivity index (χ4n) is 2.47. The number of ether oxygens (including phenoxy) is 1. The van der Waals surface area contributed by atoms with Crippen molar-refractivity contribution in [3.8, 4) is 5.75 Å². The van der Waals surface area contributed by atoms with Crippen LogP contribution in [0.2, 0.25) is 0 Å². The van der Waals surface area contributed by atoms with Gasteiger partial charge in [-0.25, -0.2) is 5.43 Å². The summed E-state index contributed by atoms with van der Waals surface area (Å²) in [6, 6.07) is 7.73. The molecule has 24 heavy (non-hydrogen) atoms. The number of carbonyl (C=O) groups excluding carboxylic acids is 1. The van der Waals surface area contributed by atoms with Crippen molar-refractivity contribution in [1.82, 2.24) is 5.43 Å². The monoisotopic (exact) mass is 332 g/mol. The van der Waals surface area contributed by atoms with Gasteiger partial charge >= 0.3 is 0 Å². The van der Waals surface area contributed by atoms with Crippen molar-refractivity contribution < 1.29 is 9.53 Å². The number of benzene rings is 1. The highest BCUT2D eigenvalue weighted by Crippen LogP contribution is 2.12. The molecule has 0 unspecified atom stereocenters. The Labute approximate surface area is 146 Å². The quantitative estimate of drug-likeness (QED) is 0.330. The second-order valence-electron chi connectivity index (χ2n) is 6.06. The van der Waals surface area contributed by atoms with Crippen molar-refractivity contribution in [3.63, 3.8) is 0 Å². The smallest absolute Gasteiger partial charge is 0.240 e. The van der Waals surface area contributed by atoms with Crippen LogP contribution in [0, 0.1) is 0 Å². The molecule has 1 rings (SSSR count). The van der Waals surface area contributed by atoms with Crippen LogP contribution < -0.4 is 10.2 Å². The van der Waals surface area contributed by atoms with E-state index in [9.17, 15) is 4.79 Å². The summed E-state index contributed by atoms with van der Waals surface area (Å²) in [4.78, 5) is 11.8. The summed E-state index contributed by atoms with van der Waals surface area (Å²) in [5, 5.41) is 4.19. The van der Waals surface area contributed by atoms with Gasteiger partial charge in [-0.1, -0.05) is 45.4 Å². The zero-order valence-corrected chi connectivity index (χ0v) is 15.4. The van der Waals surface area contributed by atoms with E-state index < -0.39 is 0 Å². The van der Waals surface area contributed by atoms with Crippen LogP contribution in [0.4, 0.5) is 0 Å². The van der Waals surface area contributed by atoms with E-state index in [0.29, 0.717) is 13.0 Å². The fraction of sp³-hybridized carbons (Fsp3) is 0.600. The summed E-state index contributed by atoms with van der Waals surface area (Å²) in [5.41, 5.74) is 4.43. The summed E-state index contributed by atoms with van der Waals surface area (Å²) in [7, 11) is 0. The highest BCUT2D eigenvalue weighted by molar-refractivity contribution is 5.99. The Morgan fingerprint density at radius 3 is 2.25 bits per heavy atom. The molecule has 0 saturated heterocycles. The molecular weight excluding hydrogens is 300 g/mol. The number of rotatable bonds is 12. The van der Waals surface area contributed by atoms with Crippen molar-refractivity contribution in [1.29, 1.82) is 0 Å². The first-order valence-corrected chi connectivity index (χ1v) is 9.23. The van der Waals surface area contributed by atoms with Crippen molar-refractivity contribution >= 4 is 11.6 Å². The highest BCUT2D eigenvalue weighted by Gasteiger charge is 2.02. The maximum Gasteiger partial charge on any atom is 0.240 e. The zero-order chi connectivity index (χ0) is 17.6. The predicted octanol–water partition coefficient (Wildman–Crippen LogP) is 5.07. The SMILES string of the molecule is CCCCCCCCCC(=O)N/N=C(\C)c1ccc(OCC)cc1. The van der Waals surface area contributed by atoms with E-state index in [1.54, 1.807) is 0 Å². The summed E-state index contributed by atoms with van der Waals surface area (Å²) in [6.07, 6.45) is 9.02. The molecule has 1 aromatic rings. The van der Waals surface area contributed by atoms with Crippen LogP contribution in [-0.2, 0) is 4.79 Å². The maximum absolute atomic E-state index is 11.8. The number of unbranched alkanes of at least 4 members (excludes halogenated alkanes) is 6. The van der Waals surface area contributed by atoms with Gasteiger partial charge in [0.25, 0.3) is 0 Å². The summed E-state index contributed by atoms with van der Waals surface area (Å²) >= 11 is 0. The van der Waals surface area contributed by atoms with Crippen LogP contribution >= 0.6 is 0 Å². The Balaban J connectivity index is 2.25. The molecular formula is C20H32N2O2. The Kier molecular flexibility index (Phi) is 10.6. The molecule has 0 fully saturated rings. The molecule has 1 N–H and O–H groups in total. The molecule has 0 heterocycles. The molecule has 4 nitrogen and oxygen atoms in total. The molecule has 0 aliphatic rings. The number of nitrogens with zero attached hydrogens (tertiary/aromatic N) is 1. The molecule has 0 bridgehead atoms. The Bertz CT molecular complexity index is 495. The van der Waals surface area contributed by atoms with E-state index in [4.69, 9.17) is 4.74 Å². The third-order valence-corrected chi connectivity index (χ3v) is 3.94. The average Bonchev–Trinajstić information content (AvgIpc) is 2.60. The van der Waals surface area contributed by atoms with E-state index in [-0.39, 0.29) is 5.91 Å². The van der Waals surface area contributed by atoms with Gasteiger partial charge in [-0.3, -0.25) is 4.79 Å². The van der Waals surface area contributed by atoms with Crippen LogP contribution in [0.3, 0.4) is 0 Å². The lowest BCUT2D eigenvalue weighted by atomic mass is 10.1. The second-order valence-corrected chi connectivity index (χ2v) is 6.06. The third kappa shape index (κ3) is 8.70. The first-order valence-electron chi connectivity index (χ1n) is 9.23. The van der Waals surface area contributed by atoms with Gasteiger partial charge in [0.2, 0.25) is 5.91 Å². The van der Waals surface area contributed by atoms with Crippen LogP contribution in [0.5, 0.6) is 5.75 Å². The molecule has 1 amide bonds. The van der Waals surface area contributed by atoms with E-state index in [1.807, 2.05) is 38.1 Å². The molecule has 4 heteroatoms. The molecule has 0 aliphatic carbocycles. The van der Waals surface area contributed by atoms with Gasteiger partial charge in [0.05, 0.1) is 12.3 Å². The van der Waals surface area contributed by atoms with E-state index in [1.165, 1.54) is 32.1 Å². The van der Waals surface area contributed by atoms with Gasteiger partial charge in [0.1, 0.15) is 5.75 Å². The van der Waals surface area contributed by atoms with Gasteiger partial charge in [-0.15, -0.1) is 0 Å². The topological polar surface area (TPSA) is 50.7 Å². The Morgan fingerprint density at radius 2 is 1.62 bits per heavy atom. The van der Waals surface area contributed by atoms with Gasteiger partial charge in [0.15, 0.2) is 0 Å². The summed E-state index contributed by atoms with van der Waals surface area (Å²) < 4.78 is 5.41. The van der Waals surface area contributed by atoms with Crippen LogP contribution in [0.1, 0.15) is 77.7 Å². The summed E-state index contributed by atoms with van der Waals surface area (Å²) in [5.74, 6) is 0.839. The molecule has 0 saturated carbocycles. The lowest BCUT2D eigenvalue weighted by Crippen LogP contribution is -2.18. The van der Waals surface area contributed by atoms with Crippen LogP contribution in [0.15, 0.2) is 29.4 Å². The fourth-order valence-corrected chi connectivity index (χ4v) is 2.47. The lowest BCUT2D eigenvalue weighted by Gasteiger charge is -2.05. The van der Waals surface area contributed by atoms with Crippen molar-refractivity contribution in [3.05, 3.63) is 29.8 Å². The maximum atomic E-state index is 11.8. The predicted molar refractivity (Wildman–Crippen MR) is 101 cm³/mol. The van der Waals surface area contributed by atoms with E-state index in [2.05, 4.69) is 17.5 Å².